The molecule has 1 amide bonds. The minimum Gasteiger partial charge on any atom is -0.451 e. The number of hydrogen-bond donors (Lipinski definition) is 1. The molecule has 1 N–H and O–H groups in total. The summed E-state index contributed by atoms with van der Waals surface area (Å²) < 4.78 is 28.5. The second kappa shape index (κ2) is 8.55. The molecule has 0 bridgehead atoms. The Balaban J connectivity index is 1.60. The van der Waals surface area contributed by atoms with Gasteiger partial charge >= 0.3 is 5.97 Å². The van der Waals surface area contributed by atoms with Gasteiger partial charge < -0.3 is 9.64 Å². The number of carbonyl (C=O) groups is 2. The summed E-state index contributed by atoms with van der Waals surface area (Å²) in [5, 5.41) is 6.71. The average molecular weight is 405 g/mol. The smallest absolute Gasteiger partial charge is 0.356 e. The number of nitrogens with one attached hydrogen (secondary N) is 1. The quantitative estimate of drug-likeness (QED) is 0.702. The van der Waals surface area contributed by atoms with Crippen LogP contribution < -0.4 is 0 Å². The summed E-state index contributed by atoms with van der Waals surface area (Å²) >= 11 is 0. The number of aromatic nitrogens is 2. The fourth-order valence-corrected chi connectivity index (χ4v) is 4.97. The third-order valence-electron chi connectivity index (χ3n) is 4.63. The number of H-pyrrole nitrogens is 1. The zero-order chi connectivity index (χ0) is 20.1. The van der Waals surface area contributed by atoms with Gasteiger partial charge in [-0.15, -0.1) is 0 Å². The summed E-state index contributed by atoms with van der Waals surface area (Å²) in [7, 11) is -3.11. The van der Waals surface area contributed by atoms with Gasteiger partial charge in [-0.05, 0) is 18.9 Å². The Morgan fingerprint density at radius 1 is 1.29 bits per heavy atom. The van der Waals surface area contributed by atoms with Gasteiger partial charge in [0.25, 0.3) is 5.91 Å². The van der Waals surface area contributed by atoms with E-state index in [1.54, 1.807) is 6.07 Å². The number of aromatic amines is 1. The van der Waals surface area contributed by atoms with E-state index in [0.29, 0.717) is 25.1 Å². The molecule has 9 heteroatoms. The van der Waals surface area contributed by atoms with Crippen LogP contribution in [0.4, 0.5) is 0 Å². The van der Waals surface area contributed by atoms with Crippen molar-refractivity contribution in [3.63, 3.8) is 0 Å². The summed E-state index contributed by atoms with van der Waals surface area (Å²) in [4.78, 5) is 26.3. The third kappa shape index (κ3) is 4.78. The molecule has 1 atom stereocenters. The second-order valence-electron chi connectivity index (χ2n) is 6.75. The number of ether oxygens (including phenoxy) is 1. The van der Waals surface area contributed by atoms with Gasteiger partial charge in [0.05, 0.1) is 17.2 Å². The van der Waals surface area contributed by atoms with Crippen molar-refractivity contribution in [2.45, 2.75) is 25.8 Å². The van der Waals surface area contributed by atoms with Crippen LogP contribution in [0, 0.1) is 0 Å². The summed E-state index contributed by atoms with van der Waals surface area (Å²) in [6.07, 6.45) is 1.11. The molecule has 0 saturated carbocycles. The van der Waals surface area contributed by atoms with Crippen LogP contribution in [0.1, 0.15) is 30.3 Å². The molecule has 0 spiro atoms. The molecule has 0 aliphatic carbocycles. The van der Waals surface area contributed by atoms with E-state index in [0.717, 1.165) is 5.56 Å². The highest BCUT2D eigenvalue weighted by Gasteiger charge is 2.34. The molecule has 1 aliphatic rings. The summed E-state index contributed by atoms with van der Waals surface area (Å²) in [6.45, 7) is 1.90. The SMILES string of the molecule is CCCN(C(=O)COC(=O)c1cc(-c2ccccc2)n[nH]1)[C@@H]1CCS(=O)(=O)C1. The topological polar surface area (TPSA) is 109 Å². The molecule has 2 heterocycles. The Bertz CT molecular complexity index is 939. The number of hydrogen-bond acceptors (Lipinski definition) is 6. The van der Waals surface area contributed by atoms with Gasteiger partial charge in [-0.2, -0.15) is 5.10 Å². The number of benzene rings is 1. The summed E-state index contributed by atoms with van der Waals surface area (Å²) in [5.41, 5.74) is 1.60. The van der Waals surface area contributed by atoms with E-state index in [4.69, 9.17) is 4.74 Å². The van der Waals surface area contributed by atoms with Crippen molar-refractivity contribution in [2.24, 2.45) is 0 Å². The van der Waals surface area contributed by atoms with Crippen LogP contribution in [0.25, 0.3) is 11.3 Å². The number of carbonyl (C=O) groups excluding carboxylic acids is 2. The molecule has 2 aromatic rings. The lowest BCUT2D eigenvalue weighted by atomic mass is 10.1. The number of sulfone groups is 1. The highest BCUT2D eigenvalue weighted by molar-refractivity contribution is 7.91. The van der Waals surface area contributed by atoms with Crippen molar-refractivity contribution in [1.29, 1.82) is 0 Å². The van der Waals surface area contributed by atoms with Crippen molar-refractivity contribution < 1.29 is 22.7 Å². The van der Waals surface area contributed by atoms with Crippen molar-refractivity contribution in [1.82, 2.24) is 15.1 Å². The Morgan fingerprint density at radius 2 is 2.04 bits per heavy atom. The van der Waals surface area contributed by atoms with E-state index < -0.39 is 22.4 Å². The largest absolute Gasteiger partial charge is 0.451 e. The maximum absolute atomic E-state index is 12.5. The molecular weight excluding hydrogens is 382 g/mol. The van der Waals surface area contributed by atoms with Crippen molar-refractivity contribution in [3.05, 3.63) is 42.1 Å². The highest BCUT2D eigenvalue weighted by atomic mass is 32.2. The van der Waals surface area contributed by atoms with E-state index >= 15 is 0 Å². The number of amides is 1. The maximum atomic E-state index is 12.5. The van der Waals surface area contributed by atoms with E-state index in [1.807, 2.05) is 37.3 Å². The zero-order valence-electron chi connectivity index (χ0n) is 15.6. The minimum atomic E-state index is -3.11. The normalized spacial score (nSPS) is 18.0. The number of esters is 1. The van der Waals surface area contributed by atoms with Gasteiger partial charge in [0, 0.05) is 18.2 Å². The van der Waals surface area contributed by atoms with Gasteiger partial charge in [-0.25, -0.2) is 13.2 Å². The summed E-state index contributed by atoms with van der Waals surface area (Å²) in [5.74, 6) is -1.02. The first-order valence-corrected chi connectivity index (χ1v) is 11.0. The molecule has 1 aromatic carbocycles. The highest BCUT2D eigenvalue weighted by Crippen LogP contribution is 2.19. The fourth-order valence-electron chi connectivity index (χ4n) is 3.24. The number of nitrogens with zero attached hydrogens (tertiary/aromatic N) is 2. The first-order valence-electron chi connectivity index (χ1n) is 9.17. The van der Waals surface area contributed by atoms with Crippen LogP contribution in [0.2, 0.25) is 0 Å². The van der Waals surface area contributed by atoms with Crippen LogP contribution in [0.3, 0.4) is 0 Å². The molecule has 150 valence electrons. The minimum absolute atomic E-state index is 0.0341. The first kappa shape index (κ1) is 20.1. The Morgan fingerprint density at radius 3 is 2.68 bits per heavy atom. The molecule has 0 radical (unpaired) electrons. The molecule has 3 rings (SSSR count). The van der Waals surface area contributed by atoms with E-state index in [1.165, 1.54) is 4.90 Å². The van der Waals surface area contributed by atoms with Crippen molar-refractivity contribution in [2.75, 3.05) is 24.7 Å². The van der Waals surface area contributed by atoms with Crippen LogP contribution in [0.15, 0.2) is 36.4 Å². The zero-order valence-corrected chi connectivity index (χ0v) is 16.4. The standard InChI is InChI=1S/C19H23N3O5S/c1-2-9-22(15-8-10-28(25,26)13-15)18(23)12-27-19(24)17-11-16(20-21-17)14-6-4-3-5-7-14/h3-7,11,15H,2,8-10,12-13H2,1H3,(H,20,21)/t15-/m1/s1. The van der Waals surface area contributed by atoms with Crippen LogP contribution in [0.5, 0.6) is 0 Å². The van der Waals surface area contributed by atoms with Gasteiger partial charge in [-0.1, -0.05) is 37.3 Å². The van der Waals surface area contributed by atoms with E-state index in [9.17, 15) is 18.0 Å². The predicted molar refractivity (Wildman–Crippen MR) is 103 cm³/mol. The molecule has 1 aromatic heterocycles. The molecular formula is C19H23N3O5S. The van der Waals surface area contributed by atoms with Crippen molar-refractivity contribution in [3.8, 4) is 11.3 Å². The van der Waals surface area contributed by atoms with Gasteiger partial charge in [-0.3, -0.25) is 9.89 Å². The molecule has 8 nitrogen and oxygen atoms in total. The van der Waals surface area contributed by atoms with E-state index in [2.05, 4.69) is 10.2 Å². The third-order valence-corrected chi connectivity index (χ3v) is 6.38. The van der Waals surface area contributed by atoms with Crippen molar-refractivity contribution >= 4 is 21.7 Å². The number of rotatable bonds is 7. The Kier molecular flexibility index (Phi) is 6.13. The van der Waals surface area contributed by atoms with Gasteiger partial charge in [0.15, 0.2) is 16.4 Å². The van der Waals surface area contributed by atoms with Crippen LogP contribution >= 0.6 is 0 Å². The lowest BCUT2D eigenvalue weighted by Gasteiger charge is -2.27. The summed E-state index contributed by atoms with van der Waals surface area (Å²) in [6, 6.07) is 10.6. The van der Waals surface area contributed by atoms with Crippen LogP contribution in [-0.4, -0.2) is 66.1 Å². The lowest BCUT2D eigenvalue weighted by molar-refractivity contribution is -0.136. The maximum Gasteiger partial charge on any atom is 0.356 e. The lowest BCUT2D eigenvalue weighted by Crippen LogP contribution is -2.43. The predicted octanol–water partition coefficient (Wildman–Crippen LogP) is 1.66. The van der Waals surface area contributed by atoms with E-state index in [-0.39, 0.29) is 29.1 Å². The molecule has 1 saturated heterocycles. The van der Waals surface area contributed by atoms with Gasteiger partial charge in [0.2, 0.25) is 0 Å². The molecule has 1 fully saturated rings. The Hall–Kier alpha value is -2.68. The second-order valence-corrected chi connectivity index (χ2v) is 8.98. The molecule has 28 heavy (non-hydrogen) atoms. The first-order chi connectivity index (χ1) is 13.4. The van der Waals surface area contributed by atoms with Crippen LogP contribution in [-0.2, 0) is 19.4 Å². The monoisotopic (exact) mass is 405 g/mol. The molecule has 0 unspecified atom stereocenters. The fraction of sp³-hybridized carbons (Fsp3) is 0.421. The average Bonchev–Trinajstić information content (AvgIpc) is 3.31. The van der Waals surface area contributed by atoms with Gasteiger partial charge in [0.1, 0.15) is 5.69 Å². The molecule has 1 aliphatic heterocycles. The Labute approximate surface area is 163 Å².